The Morgan fingerprint density at radius 1 is 1.47 bits per heavy atom. The summed E-state index contributed by atoms with van der Waals surface area (Å²) < 4.78 is 11.3. The van der Waals surface area contributed by atoms with E-state index in [2.05, 4.69) is 9.84 Å². The van der Waals surface area contributed by atoms with Crippen molar-refractivity contribution >= 4 is 22.6 Å². The molecule has 0 spiro atoms. The molecule has 0 aliphatic heterocycles. The predicted octanol–water partition coefficient (Wildman–Crippen LogP) is 0.800. The average Bonchev–Trinajstić information content (AvgIpc) is 2.72. The van der Waals surface area contributed by atoms with Crippen LogP contribution in [0.5, 0.6) is 5.75 Å². The van der Waals surface area contributed by atoms with Crippen molar-refractivity contribution in [3.63, 3.8) is 0 Å². The number of esters is 1. The van der Waals surface area contributed by atoms with Crippen LogP contribution in [0.1, 0.15) is 0 Å². The maximum Gasteiger partial charge on any atom is 0.327 e. The minimum Gasteiger partial charge on any atom is -0.492 e. The van der Waals surface area contributed by atoms with E-state index in [-0.39, 0.29) is 12.5 Å². The SMILES string of the molecule is COC(=O)Cn1ncc2ccc(N)c(OC)c21. The average molecular weight is 235 g/mol. The fourth-order valence-corrected chi connectivity index (χ4v) is 1.68. The van der Waals surface area contributed by atoms with Crippen molar-refractivity contribution in [2.24, 2.45) is 0 Å². The summed E-state index contributed by atoms with van der Waals surface area (Å²) in [5.74, 6) is 0.142. The quantitative estimate of drug-likeness (QED) is 0.628. The number of nitrogens with two attached hydrogens (primary N) is 1. The van der Waals surface area contributed by atoms with Crippen molar-refractivity contribution in [3.05, 3.63) is 18.3 Å². The third kappa shape index (κ3) is 1.89. The molecule has 0 atom stereocenters. The molecule has 6 heteroatoms. The van der Waals surface area contributed by atoms with Gasteiger partial charge in [-0.1, -0.05) is 0 Å². The van der Waals surface area contributed by atoms with Crippen LogP contribution < -0.4 is 10.5 Å². The van der Waals surface area contributed by atoms with E-state index in [1.54, 1.807) is 12.3 Å². The van der Waals surface area contributed by atoms with Gasteiger partial charge in [-0.25, -0.2) is 4.68 Å². The van der Waals surface area contributed by atoms with Crippen LogP contribution in [0, 0.1) is 0 Å². The molecule has 1 heterocycles. The smallest absolute Gasteiger partial charge is 0.327 e. The van der Waals surface area contributed by atoms with Gasteiger partial charge in [0, 0.05) is 5.39 Å². The molecule has 0 fully saturated rings. The molecular formula is C11H13N3O3. The Hall–Kier alpha value is -2.24. The second-order valence-electron chi connectivity index (χ2n) is 3.50. The number of carbonyl (C=O) groups is 1. The van der Waals surface area contributed by atoms with Gasteiger partial charge < -0.3 is 15.2 Å². The molecule has 0 saturated carbocycles. The molecule has 0 bridgehead atoms. The number of hydrogen-bond acceptors (Lipinski definition) is 5. The zero-order valence-electron chi connectivity index (χ0n) is 9.64. The first kappa shape index (κ1) is 11.3. The molecule has 2 rings (SSSR count). The molecule has 0 unspecified atom stereocenters. The predicted molar refractivity (Wildman–Crippen MR) is 62.7 cm³/mol. The molecule has 1 aromatic heterocycles. The van der Waals surface area contributed by atoms with E-state index >= 15 is 0 Å². The van der Waals surface area contributed by atoms with Crippen LogP contribution in [0.2, 0.25) is 0 Å². The summed E-state index contributed by atoms with van der Waals surface area (Å²) in [4.78, 5) is 11.3. The Morgan fingerprint density at radius 2 is 2.24 bits per heavy atom. The first-order valence-corrected chi connectivity index (χ1v) is 5.02. The minimum absolute atomic E-state index is 0.0276. The highest BCUT2D eigenvalue weighted by Gasteiger charge is 2.14. The van der Waals surface area contributed by atoms with Gasteiger partial charge in [0.2, 0.25) is 0 Å². The van der Waals surface area contributed by atoms with Crippen LogP contribution in [0.25, 0.3) is 10.9 Å². The number of nitrogen functional groups attached to an aromatic ring is 1. The molecule has 0 saturated heterocycles. The highest BCUT2D eigenvalue weighted by molar-refractivity contribution is 5.90. The topological polar surface area (TPSA) is 79.4 Å². The number of benzene rings is 1. The van der Waals surface area contributed by atoms with E-state index in [1.807, 2.05) is 6.07 Å². The molecule has 17 heavy (non-hydrogen) atoms. The Bertz CT molecular complexity index is 562. The van der Waals surface area contributed by atoms with Crippen molar-refractivity contribution in [3.8, 4) is 5.75 Å². The van der Waals surface area contributed by atoms with E-state index in [0.717, 1.165) is 5.39 Å². The lowest BCUT2D eigenvalue weighted by atomic mass is 10.2. The fourth-order valence-electron chi connectivity index (χ4n) is 1.68. The van der Waals surface area contributed by atoms with E-state index < -0.39 is 0 Å². The minimum atomic E-state index is -0.375. The summed E-state index contributed by atoms with van der Waals surface area (Å²) in [6.07, 6.45) is 1.65. The van der Waals surface area contributed by atoms with Crippen molar-refractivity contribution in [2.75, 3.05) is 20.0 Å². The lowest BCUT2D eigenvalue weighted by molar-refractivity contribution is -0.141. The van der Waals surface area contributed by atoms with Gasteiger partial charge in [0.1, 0.15) is 12.1 Å². The van der Waals surface area contributed by atoms with Gasteiger partial charge in [0.25, 0.3) is 0 Å². The number of anilines is 1. The number of methoxy groups -OCH3 is 2. The standard InChI is InChI=1S/C11H13N3O3/c1-16-9(15)6-14-10-7(5-13-14)3-4-8(12)11(10)17-2/h3-5H,6,12H2,1-2H3. The Balaban J connectivity index is 2.57. The second-order valence-corrected chi connectivity index (χ2v) is 3.50. The lowest BCUT2D eigenvalue weighted by Gasteiger charge is -2.08. The Kier molecular flexibility index (Phi) is 2.86. The van der Waals surface area contributed by atoms with Crippen LogP contribution >= 0.6 is 0 Å². The monoisotopic (exact) mass is 235 g/mol. The molecule has 2 N–H and O–H groups in total. The van der Waals surface area contributed by atoms with Gasteiger partial charge >= 0.3 is 5.97 Å². The Labute approximate surface area is 97.9 Å². The van der Waals surface area contributed by atoms with Crippen molar-refractivity contribution in [2.45, 2.75) is 6.54 Å². The second kappa shape index (κ2) is 4.32. The molecule has 6 nitrogen and oxygen atoms in total. The maximum absolute atomic E-state index is 11.3. The van der Waals surface area contributed by atoms with Gasteiger partial charge in [-0.3, -0.25) is 4.79 Å². The summed E-state index contributed by atoms with van der Waals surface area (Å²) in [5, 5.41) is 4.97. The lowest BCUT2D eigenvalue weighted by Crippen LogP contribution is -2.13. The van der Waals surface area contributed by atoms with E-state index in [1.165, 1.54) is 18.9 Å². The van der Waals surface area contributed by atoms with E-state index in [9.17, 15) is 4.79 Å². The molecule has 90 valence electrons. The maximum atomic E-state index is 11.3. The summed E-state index contributed by atoms with van der Waals surface area (Å²) >= 11 is 0. The van der Waals surface area contributed by atoms with E-state index in [0.29, 0.717) is 17.0 Å². The molecule has 0 aliphatic rings. The van der Waals surface area contributed by atoms with Crippen LogP contribution in [-0.4, -0.2) is 30.0 Å². The number of rotatable bonds is 3. The van der Waals surface area contributed by atoms with Crippen LogP contribution in [0.15, 0.2) is 18.3 Å². The molecule has 2 aromatic rings. The summed E-state index contributed by atoms with van der Waals surface area (Å²) in [6.45, 7) is 0.0276. The summed E-state index contributed by atoms with van der Waals surface area (Å²) in [7, 11) is 2.86. The van der Waals surface area contributed by atoms with Crippen LogP contribution in [0.3, 0.4) is 0 Å². The molecule has 0 aliphatic carbocycles. The number of nitrogens with zero attached hydrogens (tertiary/aromatic N) is 2. The van der Waals surface area contributed by atoms with Gasteiger partial charge in [-0.2, -0.15) is 5.10 Å². The molecule has 0 radical (unpaired) electrons. The molecule has 0 amide bonds. The number of aromatic nitrogens is 2. The largest absolute Gasteiger partial charge is 0.492 e. The normalized spacial score (nSPS) is 10.5. The third-order valence-corrected chi connectivity index (χ3v) is 2.50. The van der Waals surface area contributed by atoms with Gasteiger partial charge in [-0.05, 0) is 12.1 Å². The molecule has 1 aromatic carbocycles. The first-order chi connectivity index (χ1) is 8.17. The van der Waals surface area contributed by atoms with Crippen LogP contribution in [-0.2, 0) is 16.1 Å². The fraction of sp³-hybridized carbons (Fsp3) is 0.273. The summed E-state index contributed by atoms with van der Waals surface area (Å²) in [6, 6.07) is 3.57. The van der Waals surface area contributed by atoms with Crippen molar-refractivity contribution in [1.29, 1.82) is 0 Å². The highest BCUT2D eigenvalue weighted by atomic mass is 16.5. The van der Waals surface area contributed by atoms with Crippen LogP contribution in [0.4, 0.5) is 5.69 Å². The number of hydrogen-bond donors (Lipinski definition) is 1. The van der Waals surface area contributed by atoms with Crippen molar-refractivity contribution in [1.82, 2.24) is 9.78 Å². The zero-order valence-corrected chi connectivity index (χ0v) is 9.64. The summed E-state index contributed by atoms with van der Waals surface area (Å²) in [5.41, 5.74) is 7.00. The van der Waals surface area contributed by atoms with E-state index in [4.69, 9.17) is 10.5 Å². The number of fused-ring (bicyclic) bond motifs is 1. The zero-order chi connectivity index (χ0) is 12.4. The Morgan fingerprint density at radius 3 is 2.88 bits per heavy atom. The molecular weight excluding hydrogens is 222 g/mol. The third-order valence-electron chi connectivity index (χ3n) is 2.50. The van der Waals surface area contributed by atoms with Gasteiger partial charge in [0.05, 0.1) is 26.1 Å². The van der Waals surface area contributed by atoms with Crippen molar-refractivity contribution < 1.29 is 14.3 Å². The van der Waals surface area contributed by atoms with Gasteiger partial charge in [0.15, 0.2) is 5.75 Å². The number of ether oxygens (including phenoxy) is 2. The van der Waals surface area contributed by atoms with Gasteiger partial charge in [-0.15, -0.1) is 0 Å². The number of carbonyl (C=O) groups excluding carboxylic acids is 1. The highest BCUT2D eigenvalue weighted by Crippen LogP contribution is 2.31. The first-order valence-electron chi connectivity index (χ1n) is 5.02.